The van der Waals surface area contributed by atoms with Crippen molar-refractivity contribution >= 4 is 33.2 Å². The lowest BCUT2D eigenvalue weighted by Crippen LogP contribution is -2.28. The maximum atomic E-state index is 11.9. The topological polar surface area (TPSA) is 49.4 Å². The lowest BCUT2D eigenvalue weighted by atomic mass is 10.2. The van der Waals surface area contributed by atoms with Crippen molar-refractivity contribution in [3.8, 4) is 0 Å². The minimum atomic E-state index is -3.36. The van der Waals surface area contributed by atoms with Gasteiger partial charge in [-0.05, 0) is 44.8 Å². The van der Waals surface area contributed by atoms with Crippen LogP contribution in [0.25, 0.3) is 0 Å². The van der Waals surface area contributed by atoms with Gasteiger partial charge in [-0.2, -0.15) is 0 Å². The van der Waals surface area contributed by atoms with Gasteiger partial charge in [0, 0.05) is 16.6 Å². The summed E-state index contributed by atoms with van der Waals surface area (Å²) in [4.78, 5) is 2.00. The van der Waals surface area contributed by atoms with Gasteiger partial charge in [0.15, 0.2) is 0 Å². The molecule has 0 aromatic heterocycles. The molecule has 19 heavy (non-hydrogen) atoms. The Morgan fingerprint density at radius 1 is 1.26 bits per heavy atom. The van der Waals surface area contributed by atoms with Gasteiger partial charge in [-0.25, -0.2) is 13.1 Å². The van der Waals surface area contributed by atoms with Crippen molar-refractivity contribution < 1.29 is 8.42 Å². The SMILES string of the molecule is CN(C)CCCNS(=O)(=O)Cc1ccc(Cl)cc1Cl. The highest BCUT2D eigenvalue weighted by Gasteiger charge is 2.13. The van der Waals surface area contributed by atoms with E-state index < -0.39 is 10.0 Å². The molecule has 4 nitrogen and oxygen atoms in total. The quantitative estimate of drug-likeness (QED) is 0.783. The van der Waals surface area contributed by atoms with Gasteiger partial charge in [-0.15, -0.1) is 0 Å². The van der Waals surface area contributed by atoms with E-state index in [-0.39, 0.29) is 5.75 Å². The molecule has 0 bridgehead atoms. The van der Waals surface area contributed by atoms with Crippen LogP contribution in [-0.2, 0) is 15.8 Å². The maximum Gasteiger partial charge on any atom is 0.215 e. The van der Waals surface area contributed by atoms with Crippen LogP contribution in [0, 0.1) is 0 Å². The molecular weight excluding hydrogens is 307 g/mol. The van der Waals surface area contributed by atoms with Crippen molar-refractivity contribution in [1.82, 2.24) is 9.62 Å². The first-order valence-corrected chi connectivity index (χ1v) is 8.27. The van der Waals surface area contributed by atoms with Gasteiger partial charge in [0.05, 0.1) is 5.75 Å². The number of rotatable bonds is 7. The molecule has 0 aliphatic carbocycles. The zero-order valence-corrected chi connectivity index (χ0v) is 13.3. The van der Waals surface area contributed by atoms with E-state index in [9.17, 15) is 8.42 Å². The van der Waals surface area contributed by atoms with E-state index in [4.69, 9.17) is 23.2 Å². The third-order valence-corrected chi connectivity index (χ3v) is 4.39. The summed E-state index contributed by atoms with van der Waals surface area (Å²) in [5, 5.41) is 0.858. The van der Waals surface area contributed by atoms with Gasteiger partial charge in [0.2, 0.25) is 10.0 Å². The van der Waals surface area contributed by atoms with Gasteiger partial charge in [-0.3, -0.25) is 0 Å². The maximum absolute atomic E-state index is 11.9. The Bertz CT molecular complexity index is 518. The molecule has 1 aromatic carbocycles. The summed E-state index contributed by atoms with van der Waals surface area (Å²) in [6.45, 7) is 1.26. The molecule has 1 N–H and O–H groups in total. The molecule has 0 unspecified atom stereocenters. The van der Waals surface area contributed by atoms with E-state index in [1.165, 1.54) is 0 Å². The molecule has 0 fully saturated rings. The predicted octanol–water partition coefficient (Wildman–Crippen LogP) is 2.36. The highest BCUT2D eigenvalue weighted by molar-refractivity contribution is 7.88. The largest absolute Gasteiger partial charge is 0.309 e. The molecule has 1 rings (SSSR count). The van der Waals surface area contributed by atoms with Crippen LogP contribution in [0.15, 0.2) is 18.2 Å². The number of benzene rings is 1. The fourth-order valence-electron chi connectivity index (χ4n) is 1.52. The number of hydrogen-bond acceptors (Lipinski definition) is 3. The van der Waals surface area contributed by atoms with E-state index in [0.29, 0.717) is 22.2 Å². The van der Waals surface area contributed by atoms with E-state index in [1.54, 1.807) is 18.2 Å². The second-order valence-corrected chi connectivity index (χ2v) is 7.20. The molecule has 0 heterocycles. The molecule has 1 aromatic rings. The molecule has 0 atom stereocenters. The zero-order valence-electron chi connectivity index (χ0n) is 11.0. The van der Waals surface area contributed by atoms with Gasteiger partial charge >= 0.3 is 0 Å². The van der Waals surface area contributed by atoms with Crippen LogP contribution in [0.2, 0.25) is 10.0 Å². The van der Waals surface area contributed by atoms with Crippen LogP contribution in [-0.4, -0.2) is 40.5 Å². The fraction of sp³-hybridized carbons (Fsp3) is 0.500. The van der Waals surface area contributed by atoms with Crippen molar-refractivity contribution in [2.45, 2.75) is 12.2 Å². The number of nitrogens with one attached hydrogen (secondary N) is 1. The minimum Gasteiger partial charge on any atom is -0.309 e. The average molecular weight is 325 g/mol. The van der Waals surface area contributed by atoms with Gasteiger partial charge < -0.3 is 4.90 Å². The normalized spacial score (nSPS) is 12.1. The Kier molecular flexibility index (Phi) is 6.56. The molecule has 0 aliphatic rings. The summed E-state index contributed by atoms with van der Waals surface area (Å²) in [5.74, 6) is -0.134. The van der Waals surface area contributed by atoms with Crippen LogP contribution in [0.3, 0.4) is 0 Å². The summed E-state index contributed by atoms with van der Waals surface area (Å²) in [6, 6.07) is 4.80. The van der Waals surface area contributed by atoms with Gasteiger partial charge in [0.1, 0.15) is 0 Å². The van der Waals surface area contributed by atoms with E-state index in [0.717, 1.165) is 13.0 Å². The highest BCUT2D eigenvalue weighted by Crippen LogP contribution is 2.22. The monoisotopic (exact) mass is 324 g/mol. The van der Waals surface area contributed by atoms with Crippen LogP contribution < -0.4 is 4.72 Å². The summed E-state index contributed by atoms with van der Waals surface area (Å²) >= 11 is 11.7. The predicted molar refractivity (Wildman–Crippen MR) is 80.3 cm³/mol. The molecule has 0 radical (unpaired) electrons. The van der Waals surface area contributed by atoms with Crippen molar-refractivity contribution in [2.75, 3.05) is 27.2 Å². The second-order valence-electron chi connectivity index (χ2n) is 4.55. The Balaban J connectivity index is 2.54. The summed E-state index contributed by atoms with van der Waals surface area (Å²) < 4.78 is 26.3. The number of hydrogen-bond donors (Lipinski definition) is 1. The molecule has 0 aliphatic heterocycles. The summed E-state index contributed by atoms with van der Waals surface area (Å²) in [6.07, 6.45) is 0.764. The van der Waals surface area contributed by atoms with Crippen LogP contribution in [0.5, 0.6) is 0 Å². The first-order chi connectivity index (χ1) is 8.80. The second kappa shape index (κ2) is 7.45. The summed E-state index contributed by atoms with van der Waals surface area (Å²) in [5.41, 5.74) is 0.547. The number of sulfonamides is 1. The minimum absolute atomic E-state index is 0.134. The fourth-order valence-corrected chi connectivity index (χ4v) is 3.29. The van der Waals surface area contributed by atoms with Crippen molar-refractivity contribution in [3.63, 3.8) is 0 Å². The molecule has 0 spiro atoms. The number of nitrogens with zero attached hydrogens (tertiary/aromatic N) is 1. The molecular formula is C12H18Cl2N2O2S. The first kappa shape index (κ1) is 16.7. The van der Waals surface area contributed by atoms with Crippen molar-refractivity contribution in [1.29, 1.82) is 0 Å². The third-order valence-electron chi connectivity index (χ3n) is 2.46. The Morgan fingerprint density at radius 2 is 1.95 bits per heavy atom. The van der Waals surface area contributed by atoms with Crippen molar-refractivity contribution in [2.24, 2.45) is 0 Å². The Morgan fingerprint density at radius 3 is 2.53 bits per heavy atom. The third kappa shape index (κ3) is 6.58. The molecule has 0 saturated carbocycles. The lowest BCUT2D eigenvalue weighted by molar-refractivity contribution is 0.400. The standard InChI is InChI=1S/C12H18Cl2N2O2S/c1-16(2)7-3-6-15-19(17,18)9-10-4-5-11(13)8-12(10)14/h4-5,8,15H,3,6-7,9H2,1-2H3. The van der Waals surface area contributed by atoms with E-state index in [2.05, 4.69) is 4.72 Å². The lowest BCUT2D eigenvalue weighted by Gasteiger charge is -2.11. The van der Waals surface area contributed by atoms with E-state index >= 15 is 0 Å². The van der Waals surface area contributed by atoms with Crippen LogP contribution in [0.1, 0.15) is 12.0 Å². The highest BCUT2D eigenvalue weighted by atomic mass is 35.5. The average Bonchev–Trinajstić information content (AvgIpc) is 2.28. The zero-order chi connectivity index (χ0) is 14.5. The first-order valence-electron chi connectivity index (χ1n) is 5.86. The molecule has 0 saturated heterocycles. The molecule has 7 heteroatoms. The van der Waals surface area contributed by atoms with Gasteiger partial charge in [-0.1, -0.05) is 29.3 Å². The number of halogens is 2. The van der Waals surface area contributed by atoms with Gasteiger partial charge in [0.25, 0.3) is 0 Å². The van der Waals surface area contributed by atoms with E-state index in [1.807, 2.05) is 19.0 Å². The van der Waals surface area contributed by atoms with Crippen LogP contribution in [0.4, 0.5) is 0 Å². The van der Waals surface area contributed by atoms with Crippen molar-refractivity contribution in [3.05, 3.63) is 33.8 Å². The summed E-state index contributed by atoms with van der Waals surface area (Å²) in [7, 11) is 0.529. The Hall–Kier alpha value is -0.330. The molecule has 0 amide bonds. The molecule has 108 valence electrons. The smallest absolute Gasteiger partial charge is 0.215 e. The Labute approximate surface area is 124 Å². The van der Waals surface area contributed by atoms with Crippen LogP contribution >= 0.6 is 23.2 Å².